The van der Waals surface area contributed by atoms with Gasteiger partial charge in [-0.05, 0) is 62.2 Å². The molecule has 34 heavy (non-hydrogen) atoms. The van der Waals surface area contributed by atoms with Crippen LogP contribution in [0.2, 0.25) is 0 Å². The van der Waals surface area contributed by atoms with Gasteiger partial charge >= 0.3 is 0 Å². The van der Waals surface area contributed by atoms with E-state index < -0.39 is 11.6 Å². The minimum Gasteiger partial charge on any atom is -0.365 e. The molecule has 0 spiro atoms. The number of pyridine rings is 1. The highest BCUT2D eigenvalue weighted by atomic mass is 19.1. The first-order valence-electron chi connectivity index (χ1n) is 11.0. The van der Waals surface area contributed by atoms with E-state index >= 15 is 0 Å². The van der Waals surface area contributed by atoms with Gasteiger partial charge < -0.3 is 16.4 Å². The molecule has 6 nitrogen and oxygen atoms in total. The molecular weight excluding hydrogens is 436 g/mol. The minimum atomic E-state index is -0.584. The van der Waals surface area contributed by atoms with Gasteiger partial charge in [-0.1, -0.05) is 24.3 Å². The lowest BCUT2D eigenvalue weighted by Gasteiger charge is -2.22. The molecule has 4 rings (SSSR count). The Labute approximate surface area is 196 Å². The smallest absolute Gasteiger partial charge is 0.251 e. The fourth-order valence-corrected chi connectivity index (χ4v) is 3.68. The summed E-state index contributed by atoms with van der Waals surface area (Å²) in [6.07, 6.45) is 1.70. The van der Waals surface area contributed by atoms with Gasteiger partial charge in [0.1, 0.15) is 28.8 Å². The fourth-order valence-electron chi connectivity index (χ4n) is 3.68. The van der Waals surface area contributed by atoms with Crippen LogP contribution < -0.4 is 16.4 Å². The van der Waals surface area contributed by atoms with Gasteiger partial charge in [0.15, 0.2) is 0 Å². The molecular formula is C26H27F2N5O. The van der Waals surface area contributed by atoms with E-state index in [-0.39, 0.29) is 22.7 Å². The molecule has 0 aliphatic carbocycles. The van der Waals surface area contributed by atoms with Crippen LogP contribution in [0.1, 0.15) is 42.3 Å². The van der Waals surface area contributed by atoms with E-state index in [9.17, 15) is 13.6 Å². The molecule has 0 aliphatic rings. The van der Waals surface area contributed by atoms with Crippen molar-refractivity contribution in [1.82, 2.24) is 14.7 Å². The monoisotopic (exact) mass is 463 g/mol. The van der Waals surface area contributed by atoms with Crippen molar-refractivity contribution in [2.75, 3.05) is 5.32 Å². The number of nitrogens with one attached hydrogen (secondary N) is 2. The summed E-state index contributed by atoms with van der Waals surface area (Å²) in [5.41, 5.74) is 8.39. The number of aromatic nitrogens is 2. The normalized spacial score (nSPS) is 11.6. The van der Waals surface area contributed by atoms with Crippen LogP contribution >= 0.6 is 0 Å². The number of fused-ring (bicyclic) bond motifs is 1. The summed E-state index contributed by atoms with van der Waals surface area (Å²) < 4.78 is 30.3. The number of halogens is 2. The third-order valence-corrected chi connectivity index (χ3v) is 5.25. The summed E-state index contributed by atoms with van der Waals surface area (Å²) in [5.74, 6) is -0.904. The van der Waals surface area contributed by atoms with Crippen molar-refractivity contribution in [3.63, 3.8) is 0 Å². The number of hydrogen-bond donors (Lipinski definition) is 3. The number of nitrogens with zero attached hydrogens (tertiary/aromatic N) is 2. The minimum absolute atomic E-state index is 0.0428. The maximum atomic E-state index is 14.6. The SMILES string of the molecule is CC(C)(C)Nc1c(-c2cc(F)ccc2F)nc2cc(C(=O)NCc3cccc(CN)c3)ccn12. The Balaban J connectivity index is 1.69. The van der Waals surface area contributed by atoms with Crippen molar-refractivity contribution >= 4 is 17.4 Å². The van der Waals surface area contributed by atoms with Crippen LogP contribution in [-0.4, -0.2) is 20.8 Å². The molecule has 4 aromatic rings. The van der Waals surface area contributed by atoms with Crippen molar-refractivity contribution in [2.24, 2.45) is 5.73 Å². The molecule has 2 aromatic heterocycles. The number of imidazole rings is 1. The highest BCUT2D eigenvalue weighted by Gasteiger charge is 2.22. The van der Waals surface area contributed by atoms with Crippen LogP contribution in [0.15, 0.2) is 60.8 Å². The molecule has 8 heteroatoms. The van der Waals surface area contributed by atoms with Crippen molar-refractivity contribution in [2.45, 2.75) is 39.4 Å². The maximum Gasteiger partial charge on any atom is 0.251 e. The first-order valence-corrected chi connectivity index (χ1v) is 11.0. The third-order valence-electron chi connectivity index (χ3n) is 5.25. The Morgan fingerprint density at radius 1 is 1.06 bits per heavy atom. The van der Waals surface area contributed by atoms with Crippen LogP contribution in [0.25, 0.3) is 16.9 Å². The Kier molecular flexibility index (Phi) is 6.34. The summed E-state index contributed by atoms with van der Waals surface area (Å²) in [4.78, 5) is 17.4. The number of rotatable bonds is 6. The van der Waals surface area contributed by atoms with Gasteiger partial charge in [0.05, 0.1) is 0 Å². The first kappa shape index (κ1) is 23.4. The second-order valence-electron chi connectivity index (χ2n) is 9.16. The molecule has 2 aromatic carbocycles. The van der Waals surface area contributed by atoms with Crippen molar-refractivity contribution in [3.8, 4) is 11.3 Å². The molecule has 0 bridgehead atoms. The van der Waals surface area contributed by atoms with E-state index in [1.54, 1.807) is 22.7 Å². The van der Waals surface area contributed by atoms with E-state index in [1.165, 1.54) is 0 Å². The quantitative estimate of drug-likeness (QED) is 0.381. The van der Waals surface area contributed by atoms with Gasteiger partial charge in [0.2, 0.25) is 0 Å². The number of amides is 1. The molecule has 0 atom stereocenters. The van der Waals surface area contributed by atoms with E-state index in [2.05, 4.69) is 15.6 Å². The maximum absolute atomic E-state index is 14.6. The van der Waals surface area contributed by atoms with Gasteiger partial charge in [0.25, 0.3) is 5.91 Å². The van der Waals surface area contributed by atoms with Crippen LogP contribution in [0, 0.1) is 11.6 Å². The van der Waals surface area contributed by atoms with Crippen LogP contribution in [-0.2, 0) is 13.1 Å². The zero-order chi connectivity index (χ0) is 24.5. The van der Waals surface area contributed by atoms with Crippen molar-refractivity contribution in [3.05, 3.63) is 89.1 Å². The van der Waals surface area contributed by atoms with Crippen LogP contribution in [0.4, 0.5) is 14.6 Å². The Bertz CT molecular complexity index is 1360. The molecule has 0 saturated carbocycles. The fraction of sp³-hybridized carbons (Fsp3) is 0.231. The predicted octanol–water partition coefficient (Wildman–Crippen LogP) is 4.88. The average molecular weight is 464 g/mol. The Morgan fingerprint density at radius 2 is 1.82 bits per heavy atom. The first-order chi connectivity index (χ1) is 16.1. The van der Waals surface area contributed by atoms with Crippen LogP contribution in [0.5, 0.6) is 0 Å². The molecule has 4 N–H and O–H groups in total. The molecule has 0 aliphatic heterocycles. The Morgan fingerprint density at radius 3 is 2.56 bits per heavy atom. The molecule has 0 fully saturated rings. The van der Waals surface area contributed by atoms with E-state index in [4.69, 9.17) is 5.73 Å². The topological polar surface area (TPSA) is 84.5 Å². The number of nitrogens with two attached hydrogens (primary N) is 1. The number of benzene rings is 2. The van der Waals surface area contributed by atoms with Gasteiger partial charge in [-0.15, -0.1) is 0 Å². The predicted molar refractivity (Wildman–Crippen MR) is 129 cm³/mol. The summed E-state index contributed by atoms with van der Waals surface area (Å²) in [6.45, 7) is 6.65. The average Bonchev–Trinajstić information content (AvgIpc) is 3.15. The zero-order valence-electron chi connectivity index (χ0n) is 19.3. The van der Waals surface area contributed by atoms with Crippen molar-refractivity contribution < 1.29 is 13.6 Å². The molecule has 0 radical (unpaired) electrons. The van der Waals surface area contributed by atoms with E-state index in [0.717, 1.165) is 29.3 Å². The van der Waals surface area contributed by atoms with Gasteiger partial charge in [-0.25, -0.2) is 13.8 Å². The summed E-state index contributed by atoms with van der Waals surface area (Å²) in [5, 5.41) is 6.22. The van der Waals surface area contributed by atoms with Gasteiger partial charge in [-0.3, -0.25) is 9.20 Å². The summed E-state index contributed by atoms with van der Waals surface area (Å²) in [7, 11) is 0. The molecule has 176 valence electrons. The molecule has 1 amide bonds. The molecule has 2 heterocycles. The van der Waals surface area contributed by atoms with Crippen LogP contribution in [0.3, 0.4) is 0 Å². The largest absolute Gasteiger partial charge is 0.365 e. The lowest BCUT2D eigenvalue weighted by atomic mass is 10.1. The number of carbonyl (C=O) groups excluding carboxylic acids is 1. The lowest BCUT2D eigenvalue weighted by molar-refractivity contribution is 0.0951. The van der Waals surface area contributed by atoms with E-state index in [1.807, 2.05) is 45.0 Å². The highest BCUT2D eigenvalue weighted by Crippen LogP contribution is 2.33. The standard InChI is InChI=1S/C26H27F2N5O/c1-26(2,3)32-24-23(20-13-19(27)7-8-21(20)28)31-22-12-18(9-10-33(22)24)25(34)30-15-17-6-4-5-16(11-17)14-29/h4-13,32H,14-15,29H2,1-3H3,(H,30,34). The zero-order valence-corrected chi connectivity index (χ0v) is 19.3. The third kappa shape index (κ3) is 5.07. The lowest BCUT2D eigenvalue weighted by Crippen LogP contribution is -2.27. The Hall–Kier alpha value is -3.78. The van der Waals surface area contributed by atoms with Gasteiger partial charge in [0, 0.05) is 36.0 Å². The summed E-state index contributed by atoms with van der Waals surface area (Å²) in [6, 6.07) is 14.3. The second-order valence-corrected chi connectivity index (χ2v) is 9.16. The number of hydrogen-bond acceptors (Lipinski definition) is 4. The highest BCUT2D eigenvalue weighted by molar-refractivity contribution is 5.95. The van der Waals surface area contributed by atoms with Crippen molar-refractivity contribution in [1.29, 1.82) is 0 Å². The molecule has 0 unspecified atom stereocenters. The van der Waals surface area contributed by atoms with Gasteiger partial charge in [-0.2, -0.15) is 0 Å². The van der Waals surface area contributed by atoms with E-state index in [0.29, 0.717) is 30.1 Å². The second kappa shape index (κ2) is 9.23. The molecule has 0 saturated heterocycles. The number of anilines is 1. The summed E-state index contributed by atoms with van der Waals surface area (Å²) >= 11 is 0. The number of carbonyl (C=O) groups is 1.